The van der Waals surface area contributed by atoms with Crippen LogP contribution in [0.25, 0.3) is 0 Å². The van der Waals surface area contributed by atoms with Gasteiger partial charge in [0.1, 0.15) is 11.3 Å². The Balaban J connectivity index is 2.37. The molecule has 0 aliphatic rings. The number of hydrogen-bond acceptors (Lipinski definition) is 2. The lowest BCUT2D eigenvalue weighted by atomic mass is 9.86. The third-order valence-corrected chi connectivity index (χ3v) is 4.01. The number of aliphatic hydroxyl groups is 1. The summed E-state index contributed by atoms with van der Waals surface area (Å²) in [6.45, 7) is 8.36. The van der Waals surface area contributed by atoms with Crippen molar-refractivity contribution in [2.24, 2.45) is 7.05 Å². The van der Waals surface area contributed by atoms with E-state index >= 15 is 0 Å². The number of aromatic nitrogens is 2. The third kappa shape index (κ3) is 2.74. The highest BCUT2D eigenvalue weighted by molar-refractivity contribution is 6.30. The summed E-state index contributed by atoms with van der Waals surface area (Å²) in [6, 6.07) is 8.01. The van der Waals surface area contributed by atoms with E-state index in [1.807, 2.05) is 19.1 Å². The summed E-state index contributed by atoms with van der Waals surface area (Å²) in [5.74, 6) is 0. The van der Waals surface area contributed by atoms with Gasteiger partial charge in [0.2, 0.25) is 0 Å². The third-order valence-electron chi connectivity index (χ3n) is 3.56. The lowest BCUT2D eigenvalue weighted by Gasteiger charge is -2.20. The van der Waals surface area contributed by atoms with Crippen molar-refractivity contribution in [2.45, 2.75) is 39.2 Å². The molecule has 0 radical (unpaired) electrons. The van der Waals surface area contributed by atoms with Gasteiger partial charge in [-0.25, -0.2) is 0 Å². The molecule has 0 saturated carbocycles. The van der Waals surface area contributed by atoms with Gasteiger partial charge in [0.15, 0.2) is 0 Å². The van der Waals surface area contributed by atoms with Crippen molar-refractivity contribution in [3.05, 3.63) is 51.8 Å². The van der Waals surface area contributed by atoms with Gasteiger partial charge in [-0.05, 0) is 23.5 Å². The lowest BCUT2D eigenvalue weighted by molar-refractivity contribution is 0.219. The van der Waals surface area contributed by atoms with Crippen LogP contribution in [0.2, 0.25) is 5.15 Å². The molecule has 2 aromatic rings. The molecule has 4 heteroatoms. The molecule has 1 atom stereocenters. The molecule has 1 N–H and O–H groups in total. The number of nitrogens with zero attached hydrogens (tertiary/aromatic N) is 2. The summed E-state index contributed by atoms with van der Waals surface area (Å²) >= 11 is 6.20. The van der Waals surface area contributed by atoms with E-state index in [1.165, 1.54) is 5.56 Å². The van der Waals surface area contributed by atoms with Gasteiger partial charge in [0.05, 0.1) is 5.69 Å². The van der Waals surface area contributed by atoms with E-state index in [2.05, 4.69) is 38.0 Å². The summed E-state index contributed by atoms with van der Waals surface area (Å²) in [4.78, 5) is 0. The van der Waals surface area contributed by atoms with Crippen LogP contribution in [0.5, 0.6) is 0 Å². The van der Waals surface area contributed by atoms with Gasteiger partial charge in [-0.3, -0.25) is 4.68 Å². The average molecular weight is 293 g/mol. The van der Waals surface area contributed by atoms with Gasteiger partial charge in [-0.2, -0.15) is 5.10 Å². The van der Waals surface area contributed by atoms with E-state index in [0.29, 0.717) is 10.7 Å². The number of halogens is 1. The zero-order valence-corrected chi connectivity index (χ0v) is 13.4. The Kier molecular flexibility index (Phi) is 3.94. The minimum Gasteiger partial charge on any atom is -0.383 e. The zero-order chi connectivity index (χ0) is 15.1. The Morgan fingerprint density at radius 3 is 2.15 bits per heavy atom. The smallest absolute Gasteiger partial charge is 0.133 e. The molecule has 0 spiro atoms. The van der Waals surface area contributed by atoms with Crippen LogP contribution in [-0.4, -0.2) is 14.9 Å². The first-order valence-electron chi connectivity index (χ1n) is 6.69. The van der Waals surface area contributed by atoms with Crippen LogP contribution < -0.4 is 0 Å². The molecule has 0 fully saturated rings. The molecular formula is C16H21ClN2O. The van der Waals surface area contributed by atoms with Crippen LogP contribution in [0.1, 0.15) is 49.3 Å². The highest BCUT2D eigenvalue weighted by Gasteiger charge is 2.21. The molecule has 2 rings (SSSR count). The molecular weight excluding hydrogens is 272 g/mol. The summed E-state index contributed by atoms with van der Waals surface area (Å²) < 4.78 is 1.58. The Morgan fingerprint density at radius 2 is 1.75 bits per heavy atom. The van der Waals surface area contributed by atoms with Gasteiger partial charge in [0.25, 0.3) is 0 Å². The zero-order valence-electron chi connectivity index (χ0n) is 12.6. The monoisotopic (exact) mass is 292 g/mol. The van der Waals surface area contributed by atoms with Gasteiger partial charge in [-0.1, -0.05) is 56.6 Å². The van der Waals surface area contributed by atoms with Crippen LogP contribution in [-0.2, 0) is 12.5 Å². The molecule has 0 bridgehead atoms. The molecule has 108 valence electrons. The molecule has 0 aliphatic carbocycles. The van der Waals surface area contributed by atoms with Crippen molar-refractivity contribution in [3.8, 4) is 0 Å². The van der Waals surface area contributed by atoms with E-state index < -0.39 is 6.10 Å². The van der Waals surface area contributed by atoms with Gasteiger partial charge < -0.3 is 5.11 Å². The largest absolute Gasteiger partial charge is 0.383 e. The fraction of sp³-hybridized carbons (Fsp3) is 0.438. The number of aryl methyl sites for hydroxylation is 2. The fourth-order valence-corrected chi connectivity index (χ4v) is 2.57. The normalized spacial score (nSPS) is 13.6. The van der Waals surface area contributed by atoms with E-state index in [0.717, 1.165) is 11.3 Å². The van der Waals surface area contributed by atoms with Crippen molar-refractivity contribution in [1.29, 1.82) is 0 Å². The number of benzene rings is 1. The minimum atomic E-state index is -0.745. The van der Waals surface area contributed by atoms with E-state index in [1.54, 1.807) is 11.7 Å². The summed E-state index contributed by atoms with van der Waals surface area (Å²) in [5.41, 5.74) is 3.60. The standard InChI is InChI=1S/C16H21ClN2O/c1-10-13(15(17)19(5)18-10)14(20)11-6-8-12(9-7-11)16(2,3)4/h6-9,14,20H,1-5H3. The summed E-state index contributed by atoms with van der Waals surface area (Å²) in [6.07, 6.45) is -0.745. The molecule has 0 aliphatic heterocycles. The Hall–Kier alpha value is -1.32. The van der Waals surface area contributed by atoms with E-state index in [-0.39, 0.29) is 5.41 Å². The molecule has 1 aromatic carbocycles. The average Bonchev–Trinajstić information content (AvgIpc) is 2.62. The number of aliphatic hydroxyl groups excluding tert-OH is 1. The van der Waals surface area contributed by atoms with Crippen molar-refractivity contribution in [1.82, 2.24) is 9.78 Å². The SMILES string of the molecule is Cc1nn(C)c(Cl)c1C(O)c1ccc(C(C)(C)C)cc1. The predicted octanol–water partition coefficient (Wildman–Crippen LogP) is 3.76. The predicted molar refractivity (Wildman–Crippen MR) is 82.2 cm³/mol. The van der Waals surface area contributed by atoms with Gasteiger partial charge in [0, 0.05) is 12.6 Å². The van der Waals surface area contributed by atoms with E-state index in [9.17, 15) is 5.11 Å². The van der Waals surface area contributed by atoms with Gasteiger partial charge >= 0.3 is 0 Å². The Morgan fingerprint density at radius 1 is 1.20 bits per heavy atom. The first-order chi connectivity index (χ1) is 9.21. The topological polar surface area (TPSA) is 38.0 Å². The van der Waals surface area contributed by atoms with Crippen LogP contribution in [0.15, 0.2) is 24.3 Å². The molecule has 1 aromatic heterocycles. The second-order valence-corrected chi connectivity index (χ2v) is 6.55. The molecule has 1 unspecified atom stereocenters. The van der Waals surface area contributed by atoms with Crippen LogP contribution in [0.4, 0.5) is 0 Å². The van der Waals surface area contributed by atoms with Crippen LogP contribution in [0, 0.1) is 6.92 Å². The quantitative estimate of drug-likeness (QED) is 0.915. The lowest BCUT2D eigenvalue weighted by Crippen LogP contribution is -2.11. The van der Waals surface area contributed by atoms with Crippen molar-refractivity contribution in [3.63, 3.8) is 0 Å². The van der Waals surface area contributed by atoms with E-state index in [4.69, 9.17) is 11.6 Å². The maximum Gasteiger partial charge on any atom is 0.133 e. The maximum atomic E-state index is 10.5. The highest BCUT2D eigenvalue weighted by Crippen LogP contribution is 2.31. The first-order valence-corrected chi connectivity index (χ1v) is 7.07. The van der Waals surface area contributed by atoms with Crippen molar-refractivity contribution < 1.29 is 5.11 Å². The van der Waals surface area contributed by atoms with Crippen molar-refractivity contribution >= 4 is 11.6 Å². The summed E-state index contributed by atoms with van der Waals surface area (Å²) in [5, 5.41) is 15.2. The van der Waals surface area contributed by atoms with Crippen molar-refractivity contribution in [2.75, 3.05) is 0 Å². The number of hydrogen-bond donors (Lipinski definition) is 1. The minimum absolute atomic E-state index is 0.103. The molecule has 1 heterocycles. The van der Waals surface area contributed by atoms with Crippen LogP contribution in [0.3, 0.4) is 0 Å². The first kappa shape index (κ1) is 15.1. The maximum absolute atomic E-state index is 10.5. The Labute approximate surface area is 125 Å². The molecule has 3 nitrogen and oxygen atoms in total. The molecule has 20 heavy (non-hydrogen) atoms. The highest BCUT2D eigenvalue weighted by atomic mass is 35.5. The summed E-state index contributed by atoms with van der Waals surface area (Å²) in [7, 11) is 1.77. The molecule has 0 amide bonds. The molecule has 0 saturated heterocycles. The van der Waals surface area contributed by atoms with Gasteiger partial charge in [-0.15, -0.1) is 0 Å². The second-order valence-electron chi connectivity index (χ2n) is 6.19. The van der Waals surface area contributed by atoms with Crippen LogP contribution >= 0.6 is 11.6 Å². The Bertz CT molecular complexity index is 609. The fourth-order valence-electron chi connectivity index (χ4n) is 2.29. The second kappa shape index (κ2) is 5.23. The number of rotatable bonds is 2.